The minimum atomic E-state index is -3.22. The topological polar surface area (TPSA) is 34.1 Å². The Morgan fingerprint density at radius 3 is 2.31 bits per heavy atom. The molecule has 0 fully saturated rings. The van der Waals surface area contributed by atoms with Crippen molar-refractivity contribution in [2.24, 2.45) is 0 Å². The Morgan fingerprint density at radius 2 is 1.85 bits per heavy atom. The molecule has 0 spiro atoms. The molecule has 4 heteroatoms. The fourth-order valence-corrected chi connectivity index (χ4v) is 2.59. The van der Waals surface area contributed by atoms with Gasteiger partial charge in [-0.25, -0.2) is 8.42 Å². The van der Waals surface area contributed by atoms with Crippen LogP contribution in [0, 0.1) is 0 Å². The number of benzene rings is 1. The highest BCUT2D eigenvalue weighted by Gasteiger charge is 2.21. The highest BCUT2D eigenvalue weighted by Crippen LogP contribution is 2.15. The van der Waals surface area contributed by atoms with Gasteiger partial charge in [-0.15, -0.1) is 11.6 Å². The third-order valence-corrected chi connectivity index (χ3v) is 4.62. The van der Waals surface area contributed by atoms with Crippen LogP contribution in [0.4, 0.5) is 0 Å². The van der Waals surface area contributed by atoms with E-state index in [-0.39, 0.29) is 5.88 Å². The number of hydrogen-bond acceptors (Lipinski definition) is 2. The normalized spacial score (nSPS) is 14.0. The number of sulfone groups is 1. The molecule has 0 aliphatic rings. The monoisotopic (exact) mass is 218 g/mol. The molecule has 13 heavy (non-hydrogen) atoms. The smallest absolute Gasteiger partial charge is 0.182 e. The Bertz CT molecular complexity index is 358. The van der Waals surface area contributed by atoms with E-state index in [1.54, 1.807) is 37.3 Å². The van der Waals surface area contributed by atoms with Crippen molar-refractivity contribution in [3.05, 3.63) is 30.3 Å². The second-order valence-electron chi connectivity index (χ2n) is 2.82. The maximum atomic E-state index is 11.7. The molecule has 1 aromatic carbocycles. The summed E-state index contributed by atoms with van der Waals surface area (Å²) in [6.45, 7) is 1.61. The molecule has 1 atom stereocenters. The number of rotatable bonds is 3. The zero-order valence-electron chi connectivity index (χ0n) is 7.27. The summed E-state index contributed by atoms with van der Waals surface area (Å²) in [4.78, 5) is 0.336. The van der Waals surface area contributed by atoms with Crippen molar-refractivity contribution >= 4 is 21.4 Å². The lowest BCUT2D eigenvalue weighted by Crippen LogP contribution is -2.19. The van der Waals surface area contributed by atoms with Crippen molar-refractivity contribution in [3.8, 4) is 0 Å². The minimum absolute atomic E-state index is 0.122. The summed E-state index contributed by atoms with van der Waals surface area (Å²) < 4.78 is 23.4. The first-order valence-corrected chi connectivity index (χ1v) is 6.02. The van der Waals surface area contributed by atoms with Crippen LogP contribution in [0.15, 0.2) is 35.2 Å². The third-order valence-electron chi connectivity index (χ3n) is 1.82. The summed E-state index contributed by atoms with van der Waals surface area (Å²) in [6, 6.07) is 8.35. The zero-order chi connectivity index (χ0) is 9.90. The van der Waals surface area contributed by atoms with Crippen LogP contribution in [-0.2, 0) is 9.84 Å². The van der Waals surface area contributed by atoms with Crippen molar-refractivity contribution in [3.63, 3.8) is 0 Å². The molecule has 72 valence electrons. The summed E-state index contributed by atoms with van der Waals surface area (Å²) in [5, 5.41) is -0.531. The van der Waals surface area contributed by atoms with Crippen LogP contribution in [-0.4, -0.2) is 19.5 Å². The van der Waals surface area contributed by atoms with E-state index in [9.17, 15) is 8.42 Å². The summed E-state index contributed by atoms with van der Waals surface area (Å²) in [6.07, 6.45) is 0. The quantitative estimate of drug-likeness (QED) is 0.729. The van der Waals surface area contributed by atoms with Gasteiger partial charge in [0, 0.05) is 5.88 Å². The molecule has 0 saturated carbocycles. The average molecular weight is 219 g/mol. The molecule has 1 rings (SSSR count). The molecule has 1 aromatic rings. The van der Waals surface area contributed by atoms with Crippen LogP contribution in [0.1, 0.15) is 6.92 Å². The summed E-state index contributed by atoms with van der Waals surface area (Å²) in [5.74, 6) is 0.122. The first-order valence-electron chi connectivity index (χ1n) is 3.94. The Balaban J connectivity index is 3.09. The summed E-state index contributed by atoms with van der Waals surface area (Å²) >= 11 is 5.51. The van der Waals surface area contributed by atoms with E-state index in [1.807, 2.05) is 0 Å². The van der Waals surface area contributed by atoms with Gasteiger partial charge in [0.15, 0.2) is 9.84 Å². The van der Waals surface area contributed by atoms with Gasteiger partial charge in [0.25, 0.3) is 0 Å². The van der Waals surface area contributed by atoms with Crippen LogP contribution in [0.3, 0.4) is 0 Å². The van der Waals surface area contributed by atoms with Crippen molar-refractivity contribution in [2.45, 2.75) is 17.1 Å². The lowest BCUT2D eigenvalue weighted by atomic mass is 10.4. The Labute approximate surface area is 83.5 Å². The SMILES string of the molecule is CC(CCl)S(=O)(=O)c1ccccc1. The lowest BCUT2D eigenvalue weighted by molar-refractivity contribution is 0.588. The molecule has 2 nitrogen and oxygen atoms in total. The van der Waals surface area contributed by atoms with E-state index >= 15 is 0 Å². The third kappa shape index (κ3) is 2.23. The first-order chi connectivity index (χ1) is 6.09. The van der Waals surface area contributed by atoms with E-state index in [0.29, 0.717) is 4.90 Å². The van der Waals surface area contributed by atoms with Crippen LogP contribution in [0.2, 0.25) is 0 Å². The fourth-order valence-electron chi connectivity index (χ4n) is 0.925. The van der Waals surface area contributed by atoms with Gasteiger partial charge >= 0.3 is 0 Å². The van der Waals surface area contributed by atoms with Crippen molar-refractivity contribution in [1.29, 1.82) is 0 Å². The predicted octanol–water partition coefficient (Wildman–Crippen LogP) is 2.09. The van der Waals surface area contributed by atoms with Crippen molar-refractivity contribution in [2.75, 3.05) is 5.88 Å². The standard InChI is InChI=1S/C9H11ClO2S/c1-8(7-10)13(11,12)9-5-3-2-4-6-9/h2-6,8H,7H2,1H3. The van der Waals surface area contributed by atoms with Gasteiger partial charge in [0.05, 0.1) is 10.1 Å². The van der Waals surface area contributed by atoms with E-state index in [1.165, 1.54) is 0 Å². The molecule has 0 aromatic heterocycles. The molecule has 0 bridgehead atoms. The fraction of sp³-hybridized carbons (Fsp3) is 0.333. The average Bonchev–Trinajstić information content (AvgIpc) is 2.18. The van der Waals surface area contributed by atoms with Crippen LogP contribution in [0.25, 0.3) is 0 Å². The minimum Gasteiger partial charge on any atom is -0.223 e. The van der Waals surface area contributed by atoms with Crippen LogP contribution in [0.5, 0.6) is 0 Å². The van der Waals surface area contributed by atoms with E-state index in [2.05, 4.69) is 0 Å². The largest absolute Gasteiger partial charge is 0.223 e. The molecule has 0 radical (unpaired) electrons. The number of alkyl halides is 1. The Morgan fingerprint density at radius 1 is 1.31 bits per heavy atom. The molecule has 0 N–H and O–H groups in total. The summed E-state index contributed by atoms with van der Waals surface area (Å²) in [7, 11) is -3.22. The molecule has 0 aliphatic carbocycles. The highest BCUT2D eigenvalue weighted by molar-refractivity contribution is 7.92. The second kappa shape index (κ2) is 4.11. The van der Waals surface area contributed by atoms with E-state index in [4.69, 9.17) is 11.6 Å². The Kier molecular flexibility index (Phi) is 3.33. The zero-order valence-corrected chi connectivity index (χ0v) is 8.85. The van der Waals surface area contributed by atoms with Gasteiger partial charge in [-0.2, -0.15) is 0 Å². The number of hydrogen-bond donors (Lipinski definition) is 0. The van der Waals surface area contributed by atoms with Crippen molar-refractivity contribution < 1.29 is 8.42 Å². The highest BCUT2D eigenvalue weighted by atomic mass is 35.5. The van der Waals surface area contributed by atoms with E-state index < -0.39 is 15.1 Å². The van der Waals surface area contributed by atoms with Gasteiger partial charge in [-0.1, -0.05) is 18.2 Å². The summed E-state index contributed by atoms with van der Waals surface area (Å²) in [5.41, 5.74) is 0. The second-order valence-corrected chi connectivity index (χ2v) is 5.50. The van der Waals surface area contributed by atoms with Gasteiger partial charge < -0.3 is 0 Å². The van der Waals surface area contributed by atoms with Crippen LogP contribution < -0.4 is 0 Å². The first kappa shape index (κ1) is 10.5. The maximum Gasteiger partial charge on any atom is 0.182 e. The molecular weight excluding hydrogens is 208 g/mol. The molecule has 0 amide bonds. The van der Waals surface area contributed by atoms with Crippen molar-refractivity contribution in [1.82, 2.24) is 0 Å². The van der Waals surface area contributed by atoms with Gasteiger partial charge in [-0.05, 0) is 19.1 Å². The van der Waals surface area contributed by atoms with Gasteiger partial charge in [-0.3, -0.25) is 0 Å². The molecule has 1 unspecified atom stereocenters. The number of halogens is 1. The Hall–Kier alpha value is -0.540. The predicted molar refractivity (Wildman–Crippen MR) is 53.8 cm³/mol. The molecule has 0 saturated heterocycles. The van der Waals surface area contributed by atoms with Gasteiger partial charge in [0.2, 0.25) is 0 Å². The maximum absolute atomic E-state index is 11.7. The molecule has 0 aliphatic heterocycles. The van der Waals surface area contributed by atoms with Crippen LogP contribution >= 0.6 is 11.6 Å². The van der Waals surface area contributed by atoms with Gasteiger partial charge in [0.1, 0.15) is 0 Å². The molecule has 0 heterocycles. The van der Waals surface area contributed by atoms with E-state index in [0.717, 1.165) is 0 Å². The molecular formula is C9H11ClO2S. The lowest BCUT2D eigenvalue weighted by Gasteiger charge is -2.08.